The number of rotatable bonds is 0. The van der Waals surface area contributed by atoms with Crippen molar-refractivity contribution in [3.8, 4) is 0 Å². The van der Waals surface area contributed by atoms with E-state index in [1.165, 1.54) is 0 Å². The Balaban J connectivity index is 0. The molecule has 0 aromatic carbocycles. The highest BCUT2D eigenvalue weighted by Crippen LogP contribution is 1.95. The zero-order valence-electron chi connectivity index (χ0n) is 2.33. The lowest BCUT2D eigenvalue weighted by Gasteiger charge is -1.72. The van der Waals surface area contributed by atoms with Crippen molar-refractivity contribution < 1.29 is 0 Å². The average molecular weight is 129 g/mol. The highest BCUT2D eigenvalue weighted by molar-refractivity contribution is 6.43. The van der Waals surface area contributed by atoms with E-state index in [0.717, 1.165) is 0 Å². The van der Waals surface area contributed by atoms with E-state index in [4.69, 9.17) is 23.2 Å². The van der Waals surface area contributed by atoms with Crippen LogP contribution in [-0.2, 0) is 0 Å². The molecular formula is C2H7AlCl2. The number of halogens is 2. The summed E-state index contributed by atoms with van der Waals surface area (Å²) in [5.74, 6) is 0. The van der Waals surface area contributed by atoms with Gasteiger partial charge in [0.1, 0.15) is 4.84 Å². The third kappa shape index (κ3) is 40.0. The summed E-state index contributed by atoms with van der Waals surface area (Å²) in [4.78, 5) is -0.222. The quantitative estimate of drug-likeness (QED) is 0.332. The van der Waals surface area contributed by atoms with Gasteiger partial charge in [-0.3, -0.25) is 0 Å². The summed E-state index contributed by atoms with van der Waals surface area (Å²) >= 11 is 10.1. The van der Waals surface area contributed by atoms with Crippen LogP contribution in [0.3, 0.4) is 0 Å². The van der Waals surface area contributed by atoms with Crippen LogP contribution in [0, 0.1) is 0 Å². The van der Waals surface area contributed by atoms with Gasteiger partial charge in [0, 0.05) is 0 Å². The molecular weight excluding hydrogens is 122 g/mol. The standard InChI is InChI=1S/C2H4Cl2.Al.3H/c1-2(3)4;;;;/h2H,1H3;;;;. The average Bonchev–Trinajstić information content (AvgIpc) is 0.811. The van der Waals surface area contributed by atoms with E-state index >= 15 is 0 Å². The van der Waals surface area contributed by atoms with Gasteiger partial charge >= 0.3 is 0 Å². The Bertz CT molecular complexity index is 12.4. The summed E-state index contributed by atoms with van der Waals surface area (Å²) in [6.07, 6.45) is 0. The van der Waals surface area contributed by atoms with Crippen LogP contribution in [0.5, 0.6) is 0 Å². The van der Waals surface area contributed by atoms with Gasteiger partial charge in [-0.25, -0.2) is 0 Å². The van der Waals surface area contributed by atoms with Crippen LogP contribution >= 0.6 is 23.2 Å². The van der Waals surface area contributed by atoms with Crippen LogP contribution < -0.4 is 0 Å². The van der Waals surface area contributed by atoms with Gasteiger partial charge in [0.25, 0.3) is 0 Å². The zero-order valence-corrected chi connectivity index (χ0v) is 3.85. The van der Waals surface area contributed by atoms with Crippen LogP contribution in [0.15, 0.2) is 0 Å². The molecule has 0 heterocycles. The van der Waals surface area contributed by atoms with E-state index in [1.807, 2.05) is 0 Å². The van der Waals surface area contributed by atoms with Crippen molar-refractivity contribution in [3.63, 3.8) is 0 Å². The van der Waals surface area contributed by atoms with Crippen LogP contribution in [0.2, 0.25) is 0 Å². The Morgan fingerprint density at radius 3 is 1.40 bits per heavy atom. The molecule has 0 spiro atoms. The summed E-state index contributed by atoms with van der Waals surface area (Å²) in [5.41, 5.74) is 0. The van der Waals surface area contributed by atoms with Gasteiger partial charge in [-0.2, -0.15) is 0 Å². The highest BCUT2D eigenvalue weighted by atomic mass is 35.5. The fourth-order valence-corrected chi connectivity index (χ4v) is 0. The van der Waals surface area contributed by atoms with E-state index in [2.05, 4.69) is 0 Å². The van der Waals surface area contributed by atoms with Crippen molar-refractivity contribution >= 4 is 40.6 Å². The largest absolute Gasteiger partial charge is 0.187 e. The molecule has 0 aliphatic carbocycles. The van der Waals surface area contributed by atoms with Gasteiger partial charge in [-0.15, -0.1) is 23.2 Å². The minimum atomic E-state index is -0.222. The smallest absolute Gasteiger partial charge is 0.106 e. The maximum Gasteiger partial charge on any atom is 0.187 e. The fourth-order valence-electron chi connectivity index (χ4n) is 0. The van der Waals surface area contributed by atoms with Gasteiger partial charge in [-0.1, -0.05) is 0 Å². The number of hydrogen-bond acceptors (Lipinski definition) is 0. The maximum atomic E-state index is 5.04. The fraction of sp³-hybridized carbons (Fsp3) is 1.00. The second kappa shape index (κ2) is 5.11. The minimum Gasteiger partial charge on any atom is -0.106 e. The first-order valence-corrected chi connectivity index (χ1v) is 1.89. The van der Waals surface area contributed by atoms with E-state index in [0.29, 0.717) is 0 Å². The summed E-state index contributed by atoms with van der Waals surface area (Å²) in [6.45, 7) is 1.70. The first-order valence-electron chi connectivity index (χ1n) is 1.01. The first kappa shape index (κ1) is 9.45. The normalized spacial score (nSPS) is 7.20. The molecule has 0 unspecified atom stereocenters. The third-order valence-electron chi connectivity index (χ3n) is 0. The molecule has 0 fully saturated rings. The van der Waals surface area contributed by atoms with Gasteiger partial charge in [0.2, 0.25) is 0 Å². The summed E-state index contributed by atoms with van der Waals surface area (Å²) in [7, 11) is 0. The lowest BCUT2D eigenvalue weighted by atomic mass is 11.0. The molecule has 0 nitrogen and oxygen atoms in total. The molecule has 0 aliphatic heterocycles. The summed E-state index contributed by atoms with van der Waals surface area (Å²) < 4.78 is 0. The SMILES string of the molecule is CC(Cl)Cl.[AlH3]. The summed E-state index contributed by atoms with van der Waals surface area (Å²) in [5, 5.41) is 0. The second-order valence-electron chi connectivity index (χ2n) is 0.519. The molecule has 0 aromatic heterocycles. The van der Waals surface area contributed by atoms with Crippen LogP contribution in [0.4, 0.5) is 0 Å². The molecule has 32 valence electrons. The van der Waals surface area contributed by atoms with Crippen molar-refractivity contribution in [1.29, 1.82) is 0 Å². The molecule has 0 aromatic rings. The molecule has 0 saturated carbocycles. The maximum absolute atomic E-state index is 5.04. The molecule has 0 rings (SSSR count). The molecule has 0 radical (unpaired) electrons. The van der Waals surface area contributed by atoms with Crippen molar-refractivity contribution in [2.24, 2.45) is 0 Å². The Morgan fingerprint density at radius 2 is 1.40 bits per heavy atom. The molecule has 0 amide bonds. The van der Waals surface area contributed by atoms with Crippen molar-refractivity contribution in [2.45, 2.75) is 11.8 Å². The van der Waals surface area contributed by atoms with Crippen LogP contribution in [0.1, 0.15) is 6.92 Å². The molecule has 5 heavy (non-hydrogen) atoms. The van der Waals surface area contributed by atoms with Crippen LogP contribution in [-0.4, -0.2) is 22.2 Å². The molecule has 0 aliphatic rings. The predicted molar refractivity (Wildman–Crippen MR) is 31.1 cm³/mol. The Kier molecular flexibility index (Phi) is 9.66. The molecule has 0 atom stereocenters. The van der Waals surface area contributed by atoms with E-state index in [9.17, 15) is 0 Å². The second-order valence-corrected chi connectivity index (χ2v) is 2.05. The molecule has 0 bridgehead atoms. The molecule has 0 saturated heterocycles. The zero-order chi connectivity index (χ0) is 3.58. The van der Waals surface area contributed by atoms with E-state index in [1.54, 1.807) is 6.92 Å². The van der Waals surface area contributed by atoms with E-state index in [-0.39, 0.29) is 22.2 Å². The molecule has 3 heteroatoms. The third-order valence-corrected chi connectivity index (χ3v) is 0. The number of alkyl halides is 2. The van der Waals surface area contributed by atoms with Crippen LogP contribution in [0.25, 0.3) is 0 Å². The van der Waals surface area contributed by atoms with Gasteiger partial charge in [-0.05, 0) is 6.92 Å². The Labute approximate surface area is 52.6 Å². The monoisotopic (exact) mass is 128 g/mol. The predicted octanol–water partition coefficient (Wildman–Crippen LogP) is 0.626. The highest BCUT2D eigenvalue weighted by Gasteiger charge is 1.75. The Hall–Kier alpha value is 1.11. The first-order chi connectivity index (χ1) is 1.73. The van der Waals surface area contributed by atoms with Crippen molar-refractivity contribution in [1.82, 2.24) is 0 Å². The minimum absolute atomic E-state index is 0. The lowest BCUT2D eigenvalue weighted by molar-refractivity contribution is 1.39. The lowest BCUT2D eigenvalue weighted by Crippen LogP contribution is -1.63. The van der Waals surface area contributed by atoms with Gasteiger partial charge in [0.15, 0.2) is 17.4 Å². The number of hydrogen-bond donors (Lipinski definition) is 0. The van der Waals surface area contributed by atoms with Gasteiger partial charge in [0.05, 0.1) is 0 Å². The van der Waals surface area contributed by atoms with Gasteiger partial charge < -0.3 is 0 Å². The van der Waals surface area contributed by atoms with Crippen molar-refractivity contribution in [2.75, 3.05) is 0 Å². The van der Waals surface area contributed by atoms with Crippen molar-refractivity contribution in [3.05, 3.63) is 0 Å². The van der Waals surface area contributed by atoms with E-state index < -0.39 is 0 Å². The Morgan fingerprint density at radius 1 is 1.40 bits per heavy atom. The molecule has 0 N–H and O–H groups in total. The summed E-state index contributed by atoms with van der Waals surface area (Å²) in [6, 6.07) is 0. The topological polar surface area (TPSA) is 0 Å².